The highest BCUT2D eigenvalue weighted by atomic mass is 16.7. The van der Waals surface area contributed by atoms with Crippen LogP contribution in [0.1, 0.15) is 39.0 Å². The molecule has 1 aliphatic rings. The van der Waals surface area contributed by atoms with Gasteiger partial charge in [-0.1, -0.05) is 26.2 Å². The van der Waals surface area contributed by atoms with E-state index in [0.29, 0.717) is 12.5 Å². The van der Waals surface area contributed by atoms with Crippen LogP contribution in [0, 0.1) is 11.8 Å². The number of carbonyl (C=O) groups is 2. The Morgan fingerprint density at radius 1 is 1.22 bits per heavy atom. The maximum absolute atomic E-state index is 11.2. The fourth-order valence-corrected chi connectivity index (χ4v) is 2.28. The lowest BCUT2D eigenvalue weighted by molar-refractivity contribution is -0.144. The third-order valence-corrected chi connectivity index (χ3v) is 3.46. The minimum atomic E-state index is -1.12. The second-order valence-electron chi connectivity index (χ2n) is 4.79. The molecular formula is C12H22N2O4. The molecule has 1 fully saturated rings. The first-order valence-corrected chi connectivity index (χ1v) is 6.49. The minimum Gasteiger partial charge on any atom is -0.479 e. The Hall–Kier alpha value is -1.30. The van der Waals surface area contributed by atoms with Gasteiger partial charge >= 0.3 is 12.0 Å². The van der Waals surface area contributed by atoms with E-state index in [9.17, 15) is 9.59 Å². The minimum absolute atomic E-state index is 0.478. The van der Waals surface area contributed by atoms with Gasteiger partial charge < -0.3 is 10.4 Å². The lowest BCUT2D eigenvalue weighted by Gasteiger charge is -2.27. The van der Waals surface area contributed by atoms with Crippen molar-refractivity contribution in [3.8, 4) is 0 Å². The van der Waals surface area contributed by atoms with Gasteiger partial charge in [-0.25, -0.2) is 15.1 Å². The van der Waals surface area contributed by atoms with Crippen molar-refractivity contribution in [2.24, 2.45) is 11.8 Å². The molecule has 0 aliphatic heterocycles. The number of hydroxylamine groups is 1. The summed E-state index contributed by atoms with van der Waals surface area (Å²) in [6.45, 7) is 2.31. The summed E-state index contributed by atoms with van der Waals surface area (Å²) in [5, 5.41) is 11.0. The fourth-order valence-electron chi connectivity index (χ4n) is 2.28. The maximum atomic E-state index is 11.2. The van der Waals surface area contributed by atoms with E-state index >= 15 is 0 Å². The fraction of sp³-hybridized carbons (Fsp3) is 0.833. The Morgan fingerprint density at radius 3 is 2.39 bits per heavy atom. The van der Waals surface area contributed by atoms with Crippen molar-refractivity contribution < 1.29 is 19.5 Å². The third-order valence-electron chi connectivity index (χ3n) is 3.46. The summed E-state index contributed by atoms with van der Waals surface area (Å²) in [5.41, 5.74) is 2.04. The molecule has 0 unspecified atom stereocenters. The summed E-state index contributed by atoms with van der Waals surface area (Å²) in [7, 11) is 0. The standard InChI is InChI=1S/C12H22N2O4/c1-2-9-3-5-10(6-4-9)7-13-12(17)14-18-8-11(15)16/h9-10H,2-8H2,1H3,(H,15,16)(H2,13,14,17). The summed E-state index contributed by atoms with van der Waals surface area (Å²) in [6.07, 6.45) is 6.01. The molecule has 6 nitrogen and oxygen atoms in total. The Kier molecular flexibility index (Phi) is 6.49. The molecule has 104 valence electrons. The van der Waals surface area contributed by atoms with Crippen LogP contribution in [0.5, 0.6) is 0 Å². The molecule has 2 amide bonds. The maximum Gasteiger partial charge on any atom is 0.338 e. The molecule has 6 heteroatoms. The van der Waals surface area contributed by atoms with Crippen molar-refractivity contribution in [1.82, 2.24) is 10.8 Å². The van der Waals surface area contributed by atoms with Crippen LogP contribution >= 0.6 is 0 Å². The van der Waals surface area contributed by atoms with Gasteiger partial charge in [-0.15, -0.1) is 0 Å². The van der Waals surface area contributed by atoms with Crippen molar-refractivity contribution in [3.05, 3.63) is 0 Å². The number of carbonyl (C=O) groups excluding carboxylic acids is 1. The van der Waals surface area contributed by atoms with Crippen molar-refractivity contribution in [1.29, 1.82) is 0 Å². The molecule has 0 aromatic heterocycles. The van der Waals surface area contributed by atoms with Crippen LogP contribution in [0.4, 0.5) is 4.79 Å². The van der Waals surface area contributed by atoms with E-state index < -0.39 is 18.6 Å². The number of rotatable bonds is 6. The topological polar surface area (TPSA) is 87.7 Å². The van der Waals surface area contributed by atoms with Crippen molar-refractivity contribution in [3.63, 3.8) is 0 Å². The highest BCUT2D eigenvalue weighted by Gasteiger charge is 2.20. The molecule has 0 heterocycles. The molecule has 1 rings (SSSR count). The Bertz CT molecular complexity index is 275. The van der Waals surface area contributed by atoms with Crippen LogP contribution in [-0.2, 0) is 9.63 Å². The van der Waals surface area contributed by atoms with Gasteiger partial charge in [0.1, 0.15) is 0 Å². The van der Waals surface area contributed by atoms with E-state index in [0.717, 1.165) is 18.8 Å². The molecule has 1 aliphatic carbocycles. The lowest BCUT2D eigenvalue weighted by atomic mass is 9.81. The zero-order valence-corrected chi connectivity index (χ0v) is 10.8. The normalized spacial score (nSPS) is 23.4. The summed E-state index contributed by atoms with van der Waals surface area (Å²) in [4.78, 5) is 25.9. The number of carboxylic acid groups (broad SMARTS) is 1. The Balaban J connectivity index is 2.06. The molecule has 0 saturated heterocycles. The van der Waals surface area contributed by atoms with Gasteiger partial charge in [0.25, 0.3) is 0 Å². The van der Waals surface area contributed by atoms with Gasteiger partial charge in [-0.3, -0.25) is 4.84 Å². The smallest absolute Gasteiger partial charge is 0.338 e. The van der Waals surface area contributed by atoms with Crippen LogP contribution in [0.25, 0.3) is 0 Å². The van der Waals surface area contributed by atoms with E-state index in [1.807, 2.05) is 5.48 Å². The summed E-state index contributed by atoms with van der Waals surface area (Å²) in [5.74, 6) is 0.250. The largest absolute Gasteiger partial charge is 0.479 e. The van der Waals surface area contributed by atoms with E-state index in [-0.39, 0.29) is 0 Å². The molecule has 3 N–H and O–H groups in total. The average molecular weight is 258 g/mol. The van der Waals surface area contributed by atoms with Crippen LogP contribution in [0.3, 0.4) is 0 Å². The van der Waals surface area contributed by atoms with Crippen LogP contribution < -0.4 is 10.8 Å². The molecule has 0 aromatic carbocycles. The van der Waals surface area contributed by atoms with Crippen molar-refractivity contribution in [2.45, 2.75) is 39.0 Å². The average Bonchev–Trinajstić information content (AvgIpc) is 2.36. The number of nitrogens with one attached hydrogen (secondary N) is 2. The molecule has 1 saturated carbocycles. The molecule has 0 bridgehead atoms. The van der Waals surface area contributed by atoms with Gasteiger partial charge in [-0.2, -0.15) is 0 Å². The monoisotopic (exact) mass is 258 g/mol. The summed E-state index contributed by atoms with van der Waals surface area (Å²) >= 11 is 0. The number of amides is 2. The van der Waals surface area contributed by atoms with Gasteiger partial charge in [0.15, 0.2) is 6.61 Å². The molecule has 0 radical (unpaired) electrons. The predicted octanol–water partition coefficient (Wildman–Crippen LogP) is 1.52. The van der Waals surface area contributed by atoms with E-state index in [1.54, 1.807) is 0 Å². The summed E-state index contributed by atoms with van der Waals surface area (Å²) < 4.78 is 0. The lowest BCUT2D eigenvalue weighted by Crippen LogP contribution is -2.39. The number of hydrogen-bond acceptors (Lipinski definition) is 3. The second-order valence-corrected chi connectivity index (χ2v) is 4.79. The van der Waals surface area contributed by atoms with Gasteiger partial charge in [-0.05, 0) is 24.7 Å². The highest BCUT2D eigenvalue weighted by Crippen LogP contribution is 2.29. The number of aliphatic carboxylic acids is 1. The van der Waals surface area contributed by atoms with Crippen molar-refractivity contribution >= 4 is 12.0 Å². The van der Waals surface area contributed by atoms with Crippen LogP contribution in [0.2, 0.25) is 0 Å². The highest BCUT2D eigenvalue weighted by molar-refractivity contribution is 5.73. The second kappa shape index (κ2) is 7.92. The number of hydrogen-bond donors (Lipinski definition) is 3. The first-order chi connectivity index (χ1) is 8.61. The third kappa shape index (κ3) is 5.86. The van der Waals surface area contributed by atoms with E-state index in [2.05, 4.69) is 17.1 Å². The first kappa shape index (κ1) is 14.8. The number of urea groups is 1. The van der Waals surface area contributed by atoms with Gasteiger partial charge in [0, 0.05) is 6.54 Å². The molecule has 0 aromatic rings. The Labute approximate surface area is 107 Å². The number of carboxylic acids is 1. The zero-order valence-electron chi connectivity index (χ0n) is 10.8. The quantitative estimate of drug-likeness (QED) is 0.630. The van der Waals surface area contributed by atoms with Crippen LogP contribution in [-0.4, -0.2) is 30.3 Å². The molecule has 18 heavy (non-hydrogen) atoms. The van der Waals surface area contributed by atoms with Gasteiger partial charge in [0.2, 0.25) is 0 Å². The zero-order chi connectivity index (χ0) is 13.4. The van der Waals surface area contributed by atoms with E-state index in [4.69, 9.17) is 5.11 Å². The van der Waals surface area contributed by atoms with Gasteiger partial charge in [0.05, 0.1) is 0 Å². The molecular weight excluding hydrogens is 236 g/mol. The van der Waals surface area contributed by atoms with Crippen LogP contribution in [0.15, 0.2) is 0 Å². The first-order valence-electron chi connectivity index (χ1n) is 6.49. The Morgan fingerprint density at radius 2 is 1.83 bits per heavy atom. The predicted molar refractivity (Wildman–Crippen MR) is 65.9 cm³/mol. The SMILES string of the molecule is CCC1CCC(CNC(=O)NOCC(=O)O)CC1. The summed E-state index contributed by atoms with van der Waals surface area (Å²) in [6, 6.07) is -0.478. The molecule has 0 atom stereocenters. The molecule has 0 spiro atoms. The van der Waals surface area contributed by atoms with E-state index in [1.165, 1.54) is 19.3 Å². The van der Waals surface area contributed by atoms with Crippen molar-refractivity contribution in [2.75, 3.05) is 13.2 Å².